The maximum atomic E-state index is 11.9. The Bertz CT molecular complexity index is 564. The third kappa shape index (κ3) is 1.59. The Morgan fingerprint density at radius 2 is 2.12 bits per heavy atom. The maximum Gasteiger partial charge on any atom is 0.407 e. The van der Waals surface area contributed by atoms with Crippen LogP contribution in [0.4, 0.5) is 4.79 Å². The molecule has 1 saturated carbocycles. The molecule has 0 saturated heterocycles. The van der Waals surface area contributed by atoms with Crippen LogP contribution in [0, 0.1) is 0 Å². The lowest BCUT2D eigenvalue weighted by atomic mass is 10.3. The van der Waals surface area contributed by atoms with Crippen molar-refractivity contribution < 1.29 is 18.3 Å². The predicted molar refractivity (Wildman–Crippen MR) is 56.8 cm³/mol. The first-order valence-corrected chi connectivity index (χ1v) is 6.78. The van der Waals surface area contributed by atoms with Crippen molar-refractivity contribution in [3.63, 3.8) is 0 Å². The van der Waals surface area contributed by atoms with Crippen molar-refractivity contribution in [2.75, 3.05) is 0 Å². The molecule has 1 N–H and O–H groups in total. The Labute approximate surface area is 97.7 Å². The summed E-state index contributed by atoms with van der Waals surface area (Å²) in [6, 6.07) is 0. The number of hydrogen-bond donors (Lipinski definition) is 1. The van der Waals surface area contributed by atoms with Crippen LogP contribution in [0.3, 0.4) is 0 Å². The number of carbonyl (C=O) groups is 1. The van der Waals surface area contributed by atoms with Crippen LogP contribution in [-0.4, -0.2) is 39.0 Å². The van der Waals surface area contributed by atoms with Crippen LogP contribution < -0.4 is 0 Å². The van der Waals surface area contributed by atoms with E-state index >= 15 is 0 Å². The predicted octanol–water partition coefficient (Wildman–Crippen LogP) is 0.217. The van der Waals surface area contributed by atoms with Gasteiger partial charge in [-0.3, -0.25) is 4.90 Å². The van der Waals surface area contributed by atoms with Gasteiger partial charge in [0.1, 0.15) is 0 Å². The molecule has 0 unspecified atom stereocenters. The smallest absolute Gasteiger partial charge is 0.407 e. The lowest BCUT2D eigenvalue weighted by molar-refractivity contribution is 0.144. The standard InChI is InChI=1S/C9H11N3O4S/c13-9(14)11-3-6-4-12(10-8(6)5-11)17(15,16)7-1-2-7/h4,7H,1-3,5H2,(H,13,14). The van der Waals surface area contributed by atoms with E-state index in [1.165, 1.54) is 11.1 Å². The Kier molecular flexibility index (Phi) is 2.00. The van der Waals surface area contributed by atoms with E-state index in [2.05, 4.69) is 5.10 Å². The van der Waals surface area contributed by atoms with Gasteiger partial charge < -0.3 is 5.11 Å². The second-order valence-electron chi connectivity index (χ2n) is 4.36. The van der Waals surface area contributed by atoms with Crippen molar-refractivity contribution in [2.45, 2.75) is 31.2 Å². The van der Waals surface area contributed by atoms with Gasteiger partial charge in [-0.2, -0.15) is 9.19 Å². The summed E-state index contributed by atoms with van der Waals surface area (Å²) in [5.41, 5.74) is 1.22. The van der Waals surface area contributed by atoms with Gasteiger partial charge in [0.25, 0.3) is 10.0 Å². The third-order valence-corrected chi connectivity index (χ3v) is 5.06. The molecule has 7 nitrogen and oxygen atoms in total. The monoisotopic (exact) mass is 257 g/mol. The normalized spacial score (nSPS) is 19.4. The Morgan fingerprint density at radius 3 is 2.65 bits per heavy atom. The lowest BCUT2D eigenvalue weighted by Crippen LogP contribution is -2.24. The molecule has 1 aromatic heterocycles. The fourth-order valence-corrected chi connectivity index (χ4v) is 3.44. The van der Waals surface area contributed by atoms with E-state index in [1.807, 2.05) is 0 Å². The summed E-state index contributed by atoms with van der Waals surface area (Å²) in [5.74, 6) is 0. The van der Waals surface area contributed by atoms with E-state index in [0.29, 0.717) is 24.1 Å². The third-order valence-electron chi connectivity index (χ3n) is 3.03. The minimum atomic E-state index is -3.34. The molecule has 1 aromatic rings. The van der Waals surface area contributed by atoms with Gasteiger partial charge in [-0.1, -0.05) is 0 Å². The second kappa shape index (κ2) is 3.22. The summed E-state index contributed by atoms with van der Waals surface area (Å²) in [6.07, 6.45) is 1.80. The van der Waals surface area contributed by atoms with Gasteiger partial charge >= 0.3 is 6.09 Å². The molecule has 2 heterocycles. The summed E-state index contributed by atoms with van der Waals surface area (Å²) in [5, 5.41) is 12.5. The minimum Gasteiger partial charge on any atom is -0.465 e. The molecule has 8 heteroatoms. The molecule has 3 rings (SSSR count). The molecule has 0 radical (unpaired) electrons. The number of aromatic nitrogens is 2. The molecule has 0 aromatic carbocycles. The highest BCUT2D eigenvalue weighted by molar-refractivity contribution is 7.90. The SMILES string of the molecule is O=C(O)N1Cc2cn(S(=O)(=O)C3CC3)nc2C1. The topological polar surface area (TPSA) is 92.5 Å². The molecule has 0 spiro atoms. The Balaban J connectivity index is 1.90. The molecule has 1 amide bonds. The Morgan fingerprint density at radius 1 is 1.41 bits per heavy atom. The zero-order chi connectivity index (χ0) is 12.2. The van der Waals surface area contributed by atoms with Gasteiger partial charge in [0.05, 0.1) is 24.0 Å². The molecule has 17 heavy (non-hydrogen) atoms. The fourth-order valence-electron chi connectivity index (χ4n) is 1.91. The number of nitrogens with zero attached hydrogens (tertiary/aromatic N) is 3. The van der Waals surface area contributed by atoms with E-state index < -0.39 is 16.1 Å². The molecule has 0 bridgehead atoms. The molecular weight excluding hydrogens is 246 g/mol. The van der Waals surface area contributed by atoms with Crippen molar-refractivity contribution >= 4 is 16.1 Å². The molecule has 1 aliphatic carbocycles. The number of carboxylic acid groups (broad SMARTS) is 1. The fraction of sp³-hybridized carbons (Fsp3) is 0.556. The van der Waals surface area contributed by atoms with E-state index in [0.717, 1.165) is 4.09 Å². The molecule has 2 aliphatic rings. The molecule has 1 fully saturated rings. The van der Waals surface area contributed by atoms with Gasteiger partial charge in [-0.15, -0.1) is 0 Å². The van der Waals surface area contributed by atoms with Crippen LogP contribution in [0.5, 0.6) is 0 Å². The minimum absolute atomic E-state index is 0.165. The summed E-state index contributed by atoms with van der Waals surface area (Å²) < 4.78 is 24.8. The zero-order valence-electron chi connectivity index (χ0n) is 8.90. The average molecular weight is 257 g/mol. The van der Waals surface area contributed by atoms with E-state index in [1.54, 1.807) is 0 Å². The van der Waals surface area contributed by atoms with Crippen molar-refractivity contribution in [3.8, 4) is 0 Å². The van der Waals surface area contributed by atoms with Crippen molar-refractivity contribution in [1.82, 2.24) is 14.1 Å². The first-order valence-electron chi connectivity index (χ1n) is 5.28. The van der Waals surface area contributed by atoms with Crippen molar-refractivity contribution in [2.24, 2.45) is 0 Å². The largest absolute Gasteiger partial charge is 0.465 e. The summed E-state index contributed by atoms with van der Waals surface area (Å²) in [7, 11) is -3.34. The van der Waals surface area contributed by atoms with Gasteiger partial charge in [-0.25, -0.2) is 13.2 Å². The quantitative estimate of drug-likeness (QED) is 0.818. The number of amides is 1. The summed E-state index contributed by atoms with van der Waals surface area (Å²) >= 11 is 0. The van der Waals surface area contributed by atoms with E-state index in [-0.39, 0.29) is 18.3 Å². The average Bonchev–Trinajstić information content (AvgIpc) is 2.89. The first kappa shape index (κ1) is 10.6. The summed E-state index contributed by atoms with van der Waals surface area (Å²) in [4.78, 5) is 11.9. The van der Waals surface area contributed by atoms with Crippen LogP contribution >= 0.6 is 0 Å². The van der Waals surface area contributed by atoms with E-state index in [4.69, 9.17) is 5.11 Å². The lowest BCUT2D eigenvalue weighted by Gasteiger charge is -2.10. The zero-order valence-corrected chi connectivity index (χ0v) is 9.72. The number of rotatable bonds is 2. The maximum absolute atomic E-state index is 11.9. The molecular formula is C9H11N3O4S. The van der Waals surface area contributed by atoms with Crippen LogP contribution in [0.25, 0.3) is 0 Å². The van der Waals surface area contributed by atoms with Gasteiger partial charge in [0, 0.05) is 11.8 Å². The van der Waals surface area contributed by atoms with E-state index in [9.17, 15) is 13.2 Å². The van der Waals surface area contributed by atoms with Crippen LogP contribution in [-0.2, 0) is 23.1 Å². The van der Waals surface area contributed by atoms with Gasteiger partial charge in [0.2, 0.25) is 0 Å². The molecule has 0 atom stereocenters. The number of hydrogen-bond acceptors (Lipinski definition) is 4. The van der Waals surface area contributed by atoms with Crippen LogP contribution in [0.2, 0.25) is 0 Å². The highest BCUT2D eigenvalue weighted by atomic mass is 32.2. The first-order chi connectivity index (χ1) is 7.98. The number of fused-ring (bicyclic) bond motifs is 1. The Hall–Kier alpha value is -1.57. The van der Waals surface area contributed by atoms with Crippen molar-refractivity contribution in [3.05, 3.63) is 17.5 Å². The molecule has 92 valence electrons. The van der Waals surface area contributed by atoms with Crippen molar-refractivity contribution in [1.29, 1.82) is 0 Å². The van der Waals surface area contributed by atoms with Gasteiger partial charge in [-0.05, 0) is 12.8 Å². The summed E-state index contributed by atoms with van der Waals surface area (Å²) in [6.45, 7) is 0.378. The van der Waals surface area contributed by atoms with Crippen LogP contribution in [0.15, 0.2) is 6.20 Å². The molecule has 1 aliphatic heterocycles. The highest BCUT2D eigenvalue weighted by Gasteiger charge is 2.39. The second-order valence-corrected chi connectivity index (χ2v) is 6.43. The van der Waals surface area contributed by atoms with Gasteiger partial charge in [0.15, 0.2) is 0 Å². The van der Waals surface area contributed by atoms with Crippen LogP contribution in [0.1, 0.15) is 24.1 Å². The highest BCUT2D eigenvalue weighted by Crippen LogP contribution is 2.31.